The Morgan fingerprint density at radius 1 is 1.00 bits per heavy atom. The Kier molecular flexibility index (Phi) is 16.2. The molecule has 0 aromatic heterocycles. The number of aldehydes is 1. The molecule has 0 spiro atoms. The van der Waals surface area contributed by atoms with E-state index in [9.17, 15) is 28.8 Å². The van der Waals surface area contributed by atoms with Crippen LogP contribution in [0.5, 0.6) is 0 Å². The Hall–Kier alpha value is -3.08. The zero-order chi connectivity index (χ0) is 31.8. The summed E-state index contributed by atoms with van der Waals surface area (Å²) >= 11 is 0. The smallest absolute Gasteiger partial charge is 0.246 e. The molecule has 2 saturated carbocycles. The Labute approximate surface area is 256 Å². The highest BCUT2D eigenvalue weighted by molar-refractivity contribution is 6.28. The third-order valence-corrected chi connectivity index (χ3v) is 8.85. The van der Waals surface area contributed by atoms with Gasteiger partial charge in [-0.2, -0.15) is 0 Å². The lowest BCUT2D eigenvalue weighted by molar-refractivity contribution is -0.143. The molecule has 2 aliphatic carbocycles. The van der Waals surface area contributed by atoms with Crippen LogP contribution < -0.4 is 21.3 Å². The molecule has 2 heterocycles. The van der Waals surface area contributed by atoms with Gasteiger partial charge in [-0.25, -0.2) is 0 Å². The molecule has 0 aromatic rings. The largest absolute Gasteiger partial charge is 0.356 e. The lowest BCUT2D eigenvalue weighted by atomic mass is 9.95. The summed E-state index contributed by atoms with van der Waals surface area (Å²) in [6.45, 7) is 7.80. The van der Waals surface area contributed by atoms with Gasteiger partial charge in [0.25, 0.3) is 0 Å². The van der Waals surface area contributed by atoms with E-state index in [2.05, 4.69) is 41.8 Å². The lowest BCUT2D eigenvalue weighted by Crippen LogP contribution is -2.57. The van der Waals surface area contributed by atoms with Crippen LogP contribution in [-0.4, -0.2) is 84.9 Å². The maximum absolute atomic E-state index is 13.3. The molecule has 0 bridgehead atoms. The van der Waals surface area contributed by atoms with Crippen molar-refractivity contribution in [3.05, 3.63) is 12.7 Å². The first-order valence-electron chi connectivity index (χ1n) is 16.1. The van der Waals surface area contributed by atoms with Crippen molar-refractivity contribution in [1.82, 2.24) is 26.2 Å². The molecule has 4 fully saturated rings. The number of Topliss-reactive ketones (excluding diaryl/α,β-unsaturated/α-hetero) is 1. The van der Waals surface area contributed by atoms with E-state index < -0.39 is 35.7 Å². The predicted octanol–water partition coefficient (Wildman–Crippen LogP) is 2.18. The van der Waals surface area contributed by atoms with Gasteiger partial charge in [-0.05, 0) is 70.8 Å². The minimum Gasteiger partial charge on any atom is -0.356 e. The molecule has 0 radical (unpaired) electrons. The van der Waals surface area contributed by atoms with Crippen LogP contribution >= 0.6 is 0 Å². The highest BCUT2D eigenvalue weighted by Gasteiger charge is 2.42. The minimum atomic E-state index is -1.10. The van der Waals surface area contributed by atoms with Crippen LogP contribution in [0.25, 0.3) is 0 Å². The topological polar surface area (TPSA) is 154 Å². The second kappa shape index (κ2) is 19.2. The number of nitrogens with one attached hydrogen (secondary N) is 4. The van der Waals surface area contributed by atoms with Gasteiger partial charge in [0.15, 0.2) is 6.29 Å². The zero-order valence-electron chi connectivity index (χ0n) is 26.3. The van der Waals surface area contributed by atoms with Crippen LogP contribution in [0, 0.1) is 11.8 Å². The Balaban J connectivity index is 0.000000493. The van der Waals surface area contributed by atoms with Gasteiger partial charge in [-0.15, -0.1) is 6.58 Å². The third-order valence-electron chi connectivity index (χ3n) is 8.85. The first-order chi connectivity index (χ1) is 20.7. The number of allylic oxidation sites excluding steroid dienone is 1. The maximum Gasteiger partial charge on any atom is 0.246 e. The average molecular weight is 604 g/mol. The second-order valence-corrected chi connectivity index (χ2v) is 12.0. The molecule has 11 nitrogen and oxygen atoms in total. The number of likely N-dealkylation sites (tertiary alicyclic amines) is 1. The minimum absolute atomic E-state index is 0.0426. The summed E-state index contributed by atoms with van der Waals surface area (Å²) in [5, 5.41) is 11.3. The summed E-state index contributed by atoms with van der Waals surface area (Å²) in [7, 11) is 2.05. The summed E-state index contributed by atoms with van der Waals surface area (Å²) in [6, 6.07) is -1.70. The number of hydrogen-bond acceptors (Lipinski definition) is 7. The molecule has 11 heteroatoms. The molecule has 4 N–H and O–H groups in total. The Morgan fingerprint density at radius 3 is 2.12 bits per heavy atom. The number of hydrogen-bond donors (Lipinski definition) is 4. The van der Waals surface area contributed by atoms with Crippen molar-refractivity contribution in [3.8, 4) is 0 Å². The van der Waals surface area contributed by atoms with E-state index >= 15 is 0 Å². The van der Waals surface area contributed by atoms with E-state index in [4.69, 9.17) is 0 Å². The molecule has 0 aromatic carbocycles. The summed E-state index contributed by atoms with van der Waals surface area (Å²) in [4.78, 5) is 74.7. The van der Waals surface area contributed by atoms with E-state index in [0.717, 1.165) is 38.1 Å². The summed E-state index contributed by atoms with van der Waals surface area (Å²) in [5.74, 6) is -2.48. The van der Waals surface area contributed by atoms with E-state index in [-0.39, 0.29) is 36.3 Å². The quantitative estimate of drug-likeness (QED) is 0.160. The zero-order valence-corrected chi connectivity index (χ0v) is 26.3. The van der Waals surface area contributed by atoms with E-state index in [1.165, 1.54) is 37.5 Å². The number of carbonyl (C=O) groups excluding carboxylic acids is 6. The van der Waals surface area contributed by atoms with Crippen molar-refractivity contribution in [2.45, 2.75) is 121 Å². The summed E-state index contributed by atoms with van der Waals surface area (Å²) in [6.07, 6.45) is 14.1. The first kappa shape index (κ1) is 36.1. The fourth-order valence-electron chi connectivity index (χ4n) is 6.34. The van der Waals surface area contributed by atoms with Crippen molar-refractivity contribution in [2.24, 2.45) is 11.8 Å². The van der Waals surface area contributed by atoms with E-state index in [1.807, 2.05) is 6.08 Å². The van der Waals surface area contributed by atoms with Crippen LogP contribution in [0.1, 0.15) is 97.3 Å². The van der Waals surface area contributed by atoms with Crippen molar-refractivity contribution in [1.29, 1.82) is 0 Å². The maximum atomic E-state index is 13.3. The number of ketones is 1. The Morgan fingerprint density at radius 2 is 1.63 bits per heavy atom. The van der Waals surface area contributed by atoms with Gasteiger partial charge >= 0.3 is 0 Å². The van der Waals surface area contributed by atoms with Gasteiger partial charge < -0.3 is 26.2 Å². The normalized spacial score (nSPS) is 23.1. The van der Waals surface area contributed by atoms with Gasteiger partial charge in [0, 0.05) is 32.0 Å². The number of rotatable bonds is 11. The SMILES string of the molecule is C=CCC.CC(=O)NC(C(=O)N1CCCC1C(=O)NC(CC1CCNC1=O)C(=O)C=O)C1CCCC1.CNC1CCCC1. The number of amides is 4. The highest BCUT2D eigenvalue weighted by atomic mass is 16.2. The first-order valence-corrected chi connectivity index (χ1v) is 16.1. The molecule has 4 atom stereocenters. The van der Waals surface area contributed by atoms with Crippen molar-refractivity contribution >= 4 is 35.7 Å². The molecule has 4 amide bonds. The van der Waals surface area contributed by atoms with Crippen LogP contribution in [0.4, 0.5) is 0 Å². The summed E-state index contributed by atoms with van der Waals surface area (Å²) in [5.41, 5.74) is 0. The molecular weight excluding hydrogens is 550 g/mol. The molecule has 2 aliphatic heterocycles. The van der Waals surface area contributed by atoms with Gasteiger partial charge in [0.1, 0.15) is 12.1 Å². The molecule has 4 rings (SSSR count). The van der Waals surface area contributed by atoms with Gasteiger partial charge in [-0.1, -0.05) is 38.7 Å². The monoisotopic (exact) mass is 603 g/mol. The van der Waals surface area contributed by atoms with Crippen LogP contribution in [-0.2, 0) is 28.8 Å². The second-order valence-electron chi connectivity index (χ2n) is 12.0. The van der Waals surface area contributed by atoms with Crippen molar-refractivity contribution in [3.63, 3.8) is 0 Å². The standard InChI is InChI=1S/C22H32N4O6.C6H13N.C4H8/c1-13(28)24-19(14-5-2-3-6-14)22(32)26-10-4-7-17(26)21(31)25-16(18(29)12-27)11-15-8-9-23-20(15)30;1-7-6-4-2-3-5-6;1-3-4-2/h12,14-17,19H,2-11H2,1H3,(H,23,30)(H,24,28)(H,25,31);6-7H,2-5H2,1H3;3H,1,4H2,2H3. The summed E-state index contributed by atoms with van der Waals surface area (Å²) < 4.78 is 0. The number of nitrogens with zero attached hydrogens (tertiary/aromatic N) is 1. The van der Waals surface area contributed by atoms with E-state index in [1.54, 1.807) is 0 Å². The molecular formula is C32H53N5O6. The highest BCUT2D eigenvalue weighted by Crippen LogP contribution is 2.30. The molecule has 4 aliphatic rings. The molecule has 2 saturated heterocycles. The number of carbonyl (C=O) groups is 6. The van der Waals surface area contributed by atoms with Gasteiger partial charge in [0.2, 0.25) is 29.4 Å². The third kappa shape index (κ3) is 11.5. The lowest BCUT2D eigenvalue weighted by Gasteiger charge is -2.32. The predicted molar refractivity (Wildman–Crippen MR) is 165 cm³/mol. The van der Waals surface area contributed by atoms with Crippen LogP contribution in [0.2, 0.25) is 0 Å². The van der Waals surface area contributed by atoms with Gasteiger partial charge in [0.05, 0.1) is 6.04 Å². The Bertz CT molecular complexity index is 960. The average Bonchev–Trinajstić information content (AvgIpc) is 3.83. The van der Waals surface area contributed by atoms with Crippen molar-refractivity contribution < 1.29 is 28.8 Å². The van der Waals surface area contributed by atoms with Crippen LogP contribution in [0.3, 0.4) is 0 Å². The fraction of sp³-hybridized carbons (Fsp3) is 0.750. The van der Waals surface area contributed by atoms with Crippen molar-refractivity contribution in [2.75, 3.05) is 20.1 Å². The molecule has 43 heavy (non-hydrogen) atoms. The fourth-order valence-corrected chi connectivity index (χ4v) is 6.34. The molecule has 242 valence electrons. The molecule has 4 unspecified atom stereocenters. The van der Waals surface area contributed by atoms with Crippen LogP contribution in [0.15, 0.2) is 12.7 Å². The van der Waals surface area contributed by atoms with Gasteiger partial charge in [-0.3, -0.25) is 28.8 Å². The van der Waals surface area contributed by atoms with E-state index in [0.29, 0.717) is 32.4 Å².